The molecule has 0 radical (unpaired) electrons. The summed E-state index contributed by atoms with van der Waals surface area (Å²) in [5.41, 5.74) is 2.19. The van der Waals surface area contributed by atoms with Crippen molar-refractivity contribution in [3.05, 3.63) is 40.3 Å². The number of nitroso groups, excluding NO2 is 1. The molecule has 0 saturated carbocycles. The maximum atomic E-state index is 10.8. The van der Waals surface area contributed by atoms with Crippen LogP contribution in [0.4, 0.5) is 0 Å². The fraction of sp³-hybridized carbons (Fsp3) is 0.455. The van der Waals surface area contributed by atoms with E-state index in [1.54, 1.807) is 0 Å². The average Bonchev–Trinajstić information content (AvgIpc) is 2.36. The number of fused-ring (bicyclic) bond motifs is 1. The fourth-order valence-corrected chi connectivity index (χ4v) is 2.73. The molecular weight excluding hydrogens is 198 g/mol. The summed E-state index contributed by atoms with van der Waals surface area (Å²) >= 11 is 6.37. The quantitative estimate of drug-likeness (QED) is 0.515. The first-order valence-corrected chi connectivity index (χ1v) is 5.07. The molecule has 3 atom stereocenters. The van der Waals surface area contributed by atoms with Crippen molar-refractivity contribution in [2.45, 2.75) is 30.7 Å². The summed E-state index contributed by atoms with van der Waals surface area (Å²) in [4.78, 5) is 10.1. The molecule has 1 aliphatic rings. The molecule has 1 aromatic rings. The van der Waals surface area contributed by atoms with Crippen molar-refractivity contribution in [2.24, 2.45) is 5.18 Å². The molecule has 0 aromatic heterocycles. The Labute approximate surface area is 88.2 Å². The molecule has 74 valence electrons. The maximum absolute atomic E-state index is 10.8. The van der Waals surface area contributed by atoms with Gasteiger partial charge in [-0.15, -0.1) is 11.6 Å². The molecule has 14 heavy (non-hydrogen) atoms. The van der Waals surface area contributed by atoms with Crippen LogP contribution in [0.3, 0.4) is 0 Å². The minimum absolute atomic E-state index is 0.117. The van der Waals surface area contributed by atoms with Gasteiger partial charge >= 0.3 is 0 Å². The first kappa shape index (κ1) is 9.66. The van der Waals surface area contributed by atoms with E-state index in [0.29, 0.717) is 0 Å². The first-order valence-electron chi connectivity index (χ1n) is 4.70. The summed E-state index contributed by atoms with van der Waals surface area (Å²) in [6.45, 7) is 3.86. The van der Waals surface area contributed by atoms with Gasteiger partial charge in [-0.3, -0.25) is 0 Å². The van der Waals surface area contributed by atoms with Crippen LogP contribution in [0.2, 0.25) is 0 Å². The largest absolute Gasteiger partial charge is 0.150 e. The zero-order chi connectivity index (χ0) is 10.3. The number of alkyl halides is 1. The van der Waals surface area contributed by atoms with Crippen molar-refractivity contribution in [3.8, 4) is 0 Å². The molecule has 0 heterocycles. The molecule has 0 N–H and O–H groups in total. The number of halogens is 1. The van der Waals surface area contributed by atoms with Crippen molar-refractivity contribution in [2.75, 3.05) is 0 Å². The molecular formula is C11H12ClNO. The Morgan fingerprint density at radius 3 is 2.64 bits per heavy atom. The molecule has 0 amide bonds. The van der Waals surface area contributed by atoms with Gasteiger partial charge in [0.25, 0.3) is 0 Å². The fourth-order valence-electron chi connectivity index (χ4n) is 2.33. The zero-order valence-corrected chi connectivity index (χ0v) is 8.95. The van der Waals surface area contributed by atoms with E-state index >= 15 is 0 Å². The highest BCUT2D eigenvalue weighted by atomic mass is 35.5. The number of hydrogen-bond acceptors (Lipinski definition) is 2. The lowest BCUT2D eigenvalue weighted by Crippen LogP contribution is -2.25. The minimum atomic E-state index is -0.641. The van der Waals surface area contributed by atoms with Gasteiger partial charge in [0.2, 0.25) is 0 Å². The number of hydrogen-bond donors (Lipinski definition) is 0. The van der Waals surface area contributed by atoms with Crippen molar-refractivity contribution in [1.29, 1.82) is 0 Å². The Hall–Kier alpha value is -0.890. The van der Waals surface area contributed by atoms with E-state index in [2.05, 4.69) is 5.18 Å². The molecule has 0 spiro atoms. The van der Waals surface area contributed by atoms with Gasteiger partial charge in [-0.1, -0.05) is 36.4 Å². The molecule has 2 rings (SSSR count). The average molecular weight is 210 g/mol. The summed E-state index contributed by atoms with van der Waals surface area (Å²) in [5, 5.41) is 3.15. The molecule has 1 aromatic carbocycles. The van der Waals surface area contributed by atoms with Gasteiger partial charge in [0.05, 0.1) is 4.87 Å². The monoisotopic (exact) mass is 209 g/mol. The van der Waals surface area contributed by atoms with E-state index in [1.165, 1.54) is 0 Å². The van der Waals surface area contributed by atoms with Crippen LogP contribution in [-0.2, 0) is 4.87 Å². The van der Waals surface area contributed by atoms with Crippen LogP contribution in [0.1, 0.15) is 30.9 Å². The molecule has 3 unspecified atom stereocenters. The van der Waals surface area contributed by atoms with Crippen LogP contribution in [0.15, 0.2) is 29.4 Å². The van der Waals surface area contributed by atoms with Crippen molar-refractivity contribution in [1.82, 2.24) is 0 Å². The molecule has 3 heteroatoms. The Morgan fingerprint density at radius 1 is 1.43 bits per heavy atom. The van der Waals surface area contributed by atoms with Crippen molar-refractivity contribution in [3.63, 3.8) is 0 Å². The van der Waals surface area contributed by atoms with E-state index in [0.717, 1.165) is 11.1 Å². The van der Waals surface area contributed by atoms with E-state index < -0.39 is 4.87 Å². The second-order valence-corrected chi connectivity index (χ2v) is 4.79. The summed E-state index contributed by atoms with van der Waals surface area (Å²) < 4.78 is 0. The standard InChI is InChI=1S/C11H12ClNO/c1-7-8-5-3-4-6-9(8)11(2,12)10(7)13-14/h3-7,10H,1-2H3. The lowest BCUT2D eigenvalue weighted by Gasteiger charge is -2.21. The highest BCUT2D eigenvalue weighted by Crippen LogP contribution is 2.49. The van der Waals surface area contributed by atoms with E-state index in [-0.39, 0.29) is 12.0 Å². The molecule has 0 aliphatic heterocycles. The second-order valence-electron chi connectivity index (χ2n) is 4.00. The van der Waals surface area contributed by atoms with Gasteiger partial charge in [0, 0.05) is 5.92 Å². The second kappa shape index (κ2) is 3.06. The van der Waals surface area contributed by atoms with Crippen molar-refractivity contribution >= 4 is 11.6 Å². The Bertz CT molecular complexity index is 375. The highest BCUT2D eigenvalue weighted by molar-refractivity contribution is 6.25. The molecule has 2 nitrogen and oxygen atoms in total. The molecule has 0 bridgehead atoms. The van der Waals surface area contributed by atoms with Gasteiger partial charge in [0.15, 0.2) is 0 Å². The topological polar surface area (TPSA) is 29.4 Å². The SMILES string of the molecule is CC1c2ccccc2C(C)(Cl)C1N=O. The van der Waals surface area contributed by atoms with Crippen LogP contribution >= 0.6 is 11.6 Å². The lowest BCUT2D eigenvalue weighted by molar-refractivity contribution is 0.498. The summed E-state index contributed by atoms with van der Waals surface area (Å²) in [5.74, 6) is 0.117. The van der Waals surface area contributed by atoms with Crippen LogP contribution < -0.4 is 0 Å². The third kappa shape index (κ3) is 1.10. The van der Waals surface area contributed by atoms with Crippen LogP contribution in [0, 0.1) is 4.91 Å². The third-order valence-electron chi connectivity index (χ3n) is 3.12. The lowest BCUT2D eigenvalue weighted by atomic mass is 9.98. The van der Waals surface area contributed by atoms with Gasteiger partial charge in [-0.05, 0) is 18.1 Å². The minimum Gasteiger partial charge on any atom is -0.150 e. The predicted octanol–water partition coefficient (Wildman–Crippen LogP) is 3.39. The van der Waals surface area contributed by atoms with Gasteiger partial charge in [-0.2, -0.15) is 4.91 Å². The van der Waals surface area contributed by atoms with Gasteiger partial charge in [-0.25, -0.2) is 0 Å². The number of nitrogens with zero attached hydrogens (tertiary/aromatic N) is 1. The first-order chi connectivity index (χ1) is 6.59. The third-order valence-corrected chi connectivity index (χ3v) is 3.55. The van der Waals surface area contributed by atoms with Crippen LogP contribution in [0.25, 0.3) is 0 Å². The summed E-state index contributed by atoms with van der Waals surface area (Å²) in [7, 11) is 0. The Balaban J connectivity index is 2.60. The highest BCUT2D eigenvalue weighted by Gasteiger charge is 2.47. The van der Waals surface area contributed by atoms with E-state index in [9.17, 15) is 4.91 Å². The molecule has 0 saturated heterocycles. The smallest absolute Gasteiger partial charge is 0.121 e. The van der Waals surface area contributed by atoms with Crippen molar-refractivity contribution < 1.29 is 0 Å². The summed E-state index contributed by atoms with van der Waals surface area (Å²) in [6, 6.07) is 7.55. The normalized spacial score (nSPS) is 35.4. The van der Waals surface area contributed by atoms with Crippen LogP contribution in [0.5, 0.6) is 0 Å². The van der Waals surface area contributed by atoms with Gasteiger partial charge < -0.3 is 0 Å². The zero-order valence-electron chi connectivity index (χ0n) is 8.20. The Kier molecular flexibility index (Phi) is 2.11. The van der Waals surface area contributed by atoms with E-state index in [1.807, 2.05) is 38.1 Å². The number of benzene rings is 1. The predicted molar refractivity (Wildman–Crippen MR) is 57.6 cm³/mol. The maximum Gasteiger partial charge on any atom is 0.121 e. The number of rotatable bonds is 1. The molecule has 0 fully saturated rings. The van der Waals surface area contributed by atoms with Crippen LogP contribution in [-0.4, -0.2) is 6.04 Å². The molecule has 1 aliphatic carbocycles. The van der Waals surface area contributed by atoms with E-state index in [4.69, 9.17) is 11.6 Å². The Morgan fingerprint density at radius 2 is 2.07 bits per heavy atom. The van der Waals surface area contributed by atoms with Gasteiger partial charge in [0.1, 0.15) is 6.04 Å². The summed E-state index contributed by atoms with van der Waals surface area (Å²) in [6.07, 6.45) is 0.